The van der Waals surface area contributed by atoms with Gasteiger partial charge in [-0.1, -0.05) is 30.7 Å². The lowest BCUT2D eigenvalue weighted by molar-refractivity contribution is 0.104. The summed E-state index contributed by atoms with van der Waals surface area (Å²) in [5, 5.41) is 0.602. The molecule has 0 bridgehead atoms. The Morgan fingerprint density at radius 2 is 1.77 bits per heavy atom. The molecule has 0 spiro atoms. The third kappa shape index (κ3) is 4.87. The maximum atomic E-state index is 12.1. The number of allylic oxidation sites excluding steroid dienone is 1. The van der Waals surface area contributed by atoms with Gasteiger partial charge in [-0.25, -0.2) is 0 Å². The number of hydrogen-bond donors (Lipinski definition) is 0. The van der Waals surface area contributed by atoms with Gasteiger partial charge in [0, 0.05) is 10.6 Å². The molecule has 3 aromatic rings. The van der Waals surface area contributed by atoms with E-state index in [0.29, 0.717) is 28.7 Å². The highest BCUT2D eigenvalue weighted by Crippen LogP contribution is 2.17. The molecule has 0 N–H and O–H groups in total. The van der Waals surface area contributed by atoms with E-state index in [4.69, 9.17) is 20.8 Å². The highest BCUT2D eigenvalue weighted by atomic mass is 35.5. The van der Waals surface area contributed by atoms with Gasteiger partial charge >= 0.3 is 0 Å². The summed E-state index contributed by atoms with van der Waals surface area (Å²) in [6, 6.07) is 18.4. The molecule has 132 valence electrons. The van der Waals surface area contributed by atoms with Crippen LogP contribution in [0.4, 0.5) is 0 Å². The molecule has 4 heteroatoms. The first-order valence-corrected chi connectivity index (χ1v) is 8.80. The number of rotatable bonds is 7. The quantitative estimate of drug-likeness (QED) is 0.382. The fourth-order valence-electron chi connectivity index (χ4n) is 2.41. The molecule has 0 radical (unpaired) electrons. The number of benzene rings is 2. The topological polar surface area (TPSA) is 39.4 Å². The van der Waals surface area contributed by atoms with Crippen molar-refractivity contribution in [3.63, 3.8) is 0 Å². The summed E-state index contributed by atoms with van der Waals surface area (Å²) in [7, 11) is 0. The molecule has 0 aliphatic heterocycles. The summed E-state index contributed by atoms with van der Waals surface area (Å²) in [4.78, 5) is 12.1. The fraction of sp³-hybridized carbons (Fsp3) is 0.136. The zero-order valence-corrected chi connectivity index (χ0v) is 15.2. The number of carbonyl (C=O) groups excluding carboxylic acids is 1. The average molecular weight is 367 g/mol. The van der Waals surface area contributed by atoms with Crippen molar-refractivity contribution in [2.75, 3.05) is 0 Å². The molecule has 1 aromatic heterocycles. The van der Waals surface area contributed by atoms with Crippen LogP contribution >= 0.6 is 11.6 Å². The molecule has 0 saturated carbocycles. The van der Waals surface area contributed by atoms with Gasteiger partial charge in [-0.05, 0) is 72.7 Å². The maximum Gasteiger partial charge on any atom is 0.185 e. The Balaban J connectivity index is 1.56. The van der Waals surface area contributed by atoms with E-state index in [1.54, 1.807) is 30.3 Å². The van der Waals surface area contributed by atoms with Gasteiger partial charge in [0.05, 0.1) is 0 Å². The monoisotopic (exact) mass is 366 g/mol. The van der Waals surface area contributed by atoms with Gasteiger partial charge in [0.25, 0.3) is 0 Å². The summed E-state index contributed by atoms with van der Waals surface area (Å²) >= 11 is 5.82. The first-order valence-electron chi connectivity index (χ1n) is 8.42. The van der Waals surface area contributed by atoms with Gasteiger partial charge in [-0.15, -0.1) is 0 Å². The molecule has 0 atom stereocenters. The molecule has 0 unspecified atom stereocenters. The van der Waals surface area contributed by atoms with Crippen LogP contribution in [0.5, 0.6) is 5.75 Å². The van der Waals surface area contributed by atoms with Crippen LogP contribution in [0.25, 0.3) is 6.08 Å². The minimum absolute atomic E-state index is 0.105. The number of ketones is 1. The highest BCUT2D eigenvalue weighted by molar-refractivity contribution is 6.30. The van der Waals surface area contributed by atoms with E-state index < -0.39 is 0 Å². The molecule has 1 heterocycles. The predicted octanol–water partition coefficient (Wildman–Crippen LogP) is 5.97. The molecule has 0 aliphatic rings. The molecule has 26 heavy (non-hydrogen) atoms. The van der Waals surface area contributed by atoms with Crippen LogP contribution in [0.2, 0.25) is 5.02 Å². The number of furan rings is 1. The van der Waals surface area contributed by atoms with E-state index in [1.165, 1.54) is 11.6 Å². The first kappa shape index (κ1) is 18.0. The second kappa shape index (κ2) is 8.54. The maximum absolute atomic E-state index is 12.1. The minimum Gasteiger partial charge on any atom is -0.486 e. The van der Waals surface area contributed by atoms with Crippen molar-refractivity contribution in [2.24, 2.45) is 0 Å². The fourth-order valence-corrected chi connectivity index (χ4v) is 2.53. The van der Waals surface area contributed by atoms with E-state index in [1.807, 2.05) is 36.4 Å². The number of ether oxygens (including phenoxy) is 1. The average Bonchev–Trinajstić information content (AvgIpc) is 3.13. The van der Waals surface area contributed by atoms with E-state index in [2.05, 4.69) is 6.92 Å². The molecule has 0 amide bonds. The predicted molar refractivity (Wildman–Crippen MR) is 104 cm³/mol. The Bertz CT molecular complexity index is 890. The van der Waals surface area contributed by atoms with Crippen molar-refractivity contribution in [1.82, 2.24) is 0 Å². The van der Waals surface area contributed by atoms with Gasteiger partial charge in [-0.2, -0.15) is 0 Å². The van der Waals surface area contributed by atoms with Crippen molar-refractivity contribution in [2.45, 2.75) is 20.0 Å². The lowest BCUT2D eigenvalue weighted by Crippen LogP contribution is -1.94. The molecular formula is C22H19ClO3. The van der Waals surface area contributed by atoms with Crippen molar-refractivity contribution in [3.05, 3.63) is 94.4 Å². The highest BCUT2D eigenvalue weighted by Gasteiger charge is 2.04. The third-order valence-corrected chi connectivity index (χ3v) is 4.17. The normalized spacial score (nSPS) is 11.0. The zero-order valence-electron chi connectivity index (χ0n) is 14.4. The number of aryl methyl sites for hydroxylation is 1. The van der Waals surface area contributed by atoms with Crippen LogP contribution in [0.1, 0.15) is 34.4 Å². The SMILES string of the molecule is CCc1ccc(OCc2ccc(/C=C/C(=O)c3ccc(Cl)cc3)o2)cc1. The number of carbonyl (C=O) groups is 1. The molecular weight excluding hydrogens is 348 g/mol. The van der Waals surface area contributed by atoms with Gasteiger partial charge < -0.3 is 9.15 Å². The van der Waals surface area contributed by atoms with Crippen LogP contribution < -0.4 is 4.74 Å². The molecule has 0 saturated heterocycles. The Labute approximate surface area is 157 Å². The van der Waals surface area contributed by atoms with Crippen LogP contribution in [-0.4, -0.2) is 5.78 Å². The van der Waals surface area contributed by atoms with E-state index >= 15 is 0 Å². The third-order valence-electron chi connectivity index (χ3n) is 3.92. The Hall–Kier alpha value is -2.78. The van der Waals surface area contributed by atoms with Crippen LogP contribution in [0, 0.1) is 0 Å². The Morgan fingerprint density at radius 3 is 2.46 bits per heavy atom. The second-order valence-electron chi connectivity index (χ2n) is 5.79. The zero-order chi connectivity index (χ0) is 18.4. The van der Waals surface area contributed by atoms with Crippen molar-refractivity contribution >= 4 is 23.5 Å². The Kier molecular flexibility index (Phi) is 5.92. The van der Waals surface area contributed by atoms with Gasteiger partial charge in [-0.3, -0.25) is 4.79 Å². The van der Waals surface area contributed by atoms with Gasteiger partial charge in [0.2, 0.25) is 0 Å². The molecule has 0 fully saturated rings. The van der Waals surface area contributed by atoms with E-state index in [9.17, 15) is 4.79 Å². The summed E-state index contributed by atoms with van der Waals surface area (Å²) < 4.78 is 11.4. The summed E-state index contributed by atoms with van der Waals surface area (Å²) in [5.41, 5.74) is 1.85. The first-order chi connectivity index (χ1) is 12.6. The van der Waals surface area contributed by atoms with Gasteiger partial charge in [0.15, 0.2) is 5.78 Å². The van der Waals surface area contributed by atoms with Crippen LogP contribution in [0.3, 0.4) is 0 Å². The second-order valence-corrected chi connectivity index (χ2v) is 6.23. The van der Waals surface area contributed by atoms with Gasteiger partial charge in [0.1, 0.15) is 23.9 Å². The molecule has 3 nitrogen and oxygen atoms in total. The van der Waals surface area contributed by atoms with Crippen molar-refractivity contribution < 1.29 is 13.9 Å². The van der Waals surface area contributed by atoms with E-state index in [-0.39, 0.29) is 5.78 Å². The van der Waals surface area contributed by atoms with Crippen LogP contribution in [-0.2, 0) is 13.0 Å². The summed E-state index contributed by atoms with van der Waals surface area (Å²) in [5.74, 6) is 2.00. The largest absolute Gasteiger partial charge is 0.486 e. The molecule has 3 rings (SSSR count). The molecule has 0 aliphatic carbocycles. The lowest BCUT2D eigenvalue weighted by atomic mass is 10.1. The Morgan fingerprint density at radius 1 is 1.04 bits per heavy atom. The standard InChI is InChI=1S/C22H19ClO3/c1-2-16-3-9-19(10-4-16)25-15-21-12-11-20(26-21)13-14-22(24)17-5-7-18(23)8-6-17/h3-14H,2,15H2,1H3/b14-13+. The van der Waals surface area contributed by atoms with Crippen molar-refractivity contribution in [1.29, 1.82) is 0 Å². The number of halogens is 1. The number of hydrogen-bond acceptors (Lipinski definition) is 3. The van der Waals surface area contributed by atoms with E-state index in [0.717, 1.165) is 12.2 Å². The summed E-state index contributed by atoms with van der Waals surface area (Å²) in [6.45, 7) is 2.45. The van der Waals surface area contributed by atoms with Crippen LogP contribution in [0.15, 0.2) is 71.2 Å². The van der Waals surface area contributed by atoms with Crippen molar-refractivity contribution in [3.8, 4) is 5.75 Å². The smallest absolute Gasteiger partial charge is 0.185 e. The summed E-state index contributed by atoms with van der Waals surface area (Å²) in [6.07, 6.45) is 4.13. The minimum atomic E-state index is -0.105. The lowest BCUT2D eigenvalue weighted by Gasteiger charge is -2.04. The molecule has 2 aromatic carbocycles.